The lowest BCUT2D eigenvalue weighted by atomic mass is 10.1. The number of primary amides is 1. The smallest absolute Gasteiger partial charge is 0.260 e. The summed E-state index contributed by atoms with van der Waals surface area (Å²) in [5.74, 6) is 0.258. The Morgan fingerprint density at radius 2 is 2.25 bits per heavy atom. The van der Waals surface area contributed by atoms with Crippen molar-refractivity contribution in [3.05, 3.63) is 10.9 Å². The van der Waals surface area contributed by atoms with Gasteiger partial charge >= 0.3 is 0 Å². The molecule has 0 saturated heterocycles. The fourth-order valence-corrected chi connectivity index (χ4v) is 2.26. The van der Waals surface area contributed by atoms with E-state index in [0.717, 1.165) is 23.9 Å². The molecule has 1 rings (SSSR count). The molecular formula is C11H19N3OS. The first-order valence-corrected chi connectivity index (χ1v) is 6.25. The molecule has 0 unspecified atom stereocenters. The maximum atomic E-state index is 11.0. The van der Waals surface area contributed by atoms with Crippen LogP contribution in [0.4, 0.5) is 10.7 Å². The number of hydrogen-bond acceptors (Lipinski definition) is 4. The monoisotopic (exact) mass is 241 g/mol. The van der Waals surface area contributed by atoms with Gasteiger partial charge in [-0.05, 0) is 24.8 Å². The van der Waals surface area contributed by atoms with Gasteiger partial charge in [-0.1, -0.05) is 13.8 Å². The SMILES string of the molecule is CC(C)CCCNc1cc(N)c(C(N)=O)s1. The van der Waals surface area contributed by atoms with Gasteiger partial charge in [-0.2, -0.15) is 0 Å². The molecule has 4 nitrogen and oxygen atoms in total. The Morgan fingerprint density at radius 3 is 2.75 bits per heavy atom. The van der Waals surface area contributed by atoms with E-state index in [2.05, 4.69) is 19.2 Å². The number of nitrogens with one attached hydrogen (secondary N) is 1. The second-order valence-corrected chi connectivity index (χ2v) is 5.27. The van der Waals surface area contributed by atoms with Gasteiger partial charge in [-0.15, -0.1) is 11.3 Å². The van der Waals surface area contributed by atoms with Gasteiger partial charge in [0.25, 0.3) is 5.91 Å². The van der Waals surface area contributed by atoms with Crippen LogP contribution >= 0.6 is 11.3 Å². The molecule has 0 bridgehead atoms. The van der Waals surface area contributed by atoms with Crippen molar-refractivity contribution in [1.82, 2.24) is 0 Å². The molecule has 0 fully saturated rings. The molecule has 0 radical (unpaired) electrons. The molecule has 0 aromatic carbocycles. The van der Waals surface area contributed by atoms with E-state index in [1.165, 1.54) is 17.8 Å². The van der Waals surface area contributed by atoms with Crippen molar-refractivity contribution >= 4 is 27.9 Å². The van der Waals surface area contributed by atoms with Gasteiger partial charge in [0.15, 0.2) is 0 Å². The molecular weight excluding hydrogens is 222 g/mol. The van der Waals surface area contributed by atoms with E-state index in [9.17, 15) is 4.79 Å². The highest BCUT2D eigenvalue weighted by atomic mass is 32.1. The van der Waals surface area contributed by atoms with Crippen LogP contribution in [0, 0.1) is 5.92 Å². The third-order valence-corrected chi connectivity index (χ3v) is 3.37. The lowest BCUT2D eigenvalue weighted by Gasteiger charge is -2.05. The van der Waals surface area contributed by atoms with Gasteiger partial charge < -0.3 is 16.8 Å². The van der Waals surface area contributed by atoms with Gasteiger partial charge in [0, 0.05) is 6.54 Å². The Hall–Kier alpha value is -1.23. The normalized spacial score (nSPS) is 10.7. The first kappa shape index (κ1) is 12.8. The number of rotatable bonds is 6. The highest BCUT2D eigenvalue weighted by Crippen LogP contribution is 2.28. The third kappa shape index (κ3) is 3.73. The van der Waals surface area contributed by atoms with Crippen LogP contribution in [0.1, 0.15) is 36.4 Å². The fourth-order valence-electron chi connectivity index (χ4n) is 1.41. The predicted molar refractivity (Wildman–Crippen MR) is 69.8 cm³/mol. The van der Waals surface area contributed by atoms with Crippen LogP contribution in [0.15, 0.2) is 6.07 Å². The van der Waals surface area contributed by atoms with Gasteiger partial charge in [0.1, 0.15) is 4.88 Å². The maximum absolute atomic E-state index is 11.0. The van der Waals surface area contributed by atoms with E-state index < -0.39 is 5.91 Å². The van der Waals surface area contributed by atoms with Crippen LogP contribution in [0.25, 0.3) is 0 Å². The van der Waals surface area contributed by atoms with Crippen LogP contribution < -0.4 is 16.8 Å². The molecule has 0 aliphatic rings. The number of nitrogen functional groups attached to an aromatic ring is 1. The summed E-state index contributed by atoms with van der Waals surface area (Å²) in [4.78, 5) is 11.4. The van der Waals surface area contributed by atoms with E-state index >= 15 is 0 Å². The number of anilines is 2. The number of hydrogen-bond donors (Lipinski definition) is 3. The van der Waals surface area contributed by atoms with Gasteiger partial charge in [-0.3, -0.25) is 4.79 Å². The van der Waals surface area contributed by atoms with E-state index in [1.807, 2.05) is 0 Å². The molecule has 1 amide bonds. The van der Waals surface area contributed by atoms with E-state index in [0.29, 0.717) is 10.6 Å². The van der Waals surface area contributed by atoms with Gasteiger partial charge in [-0.25, -0.2) is 0 Å². The second-order valence-electron chi connectivity index (χ2n) is 4.22. The summed E-state index contributed by atoms with van der Waals surface area (Å²) in [7, 11) is 0. The van der Waals surface area contributed by atoms with Crippen LogP contribution in [0.5, 0.6) is 0 Å². The Bertz CT molecular complexity index is 360. The second kappa shape index (κ2) is 5.75. The molecule has 0 spiro atoms. The summed E-state index contributed by atoms with van der Waals surface area (Å²) in [5, 5.41) is 4.16. The Morgan fingerprint density at radius 1 is 1.56 bits per heavy atom. The number of carbonyl (C=O) groups excluding carboxylic acids is 1. The molecule has 5 N–H and O–H groups in total. The number of carbonyl (C=O) groups is 1. The summed E-state index contributed by atoms with van der Waals surface area (Å²) >= 11 is 1.32. The maximum Gasteiger partial charge on any atom is 0.260 e. The Balaban J connectivity index is 2.43. The van der Waals surface area contributed by atoms with Crippen molar-refractivity contribution in [3.63, 3.8) is 0 Å². The highest BCUT2D eigenvalue weighted by molar-refractivity contribution is 7.18. The lowest BCUT2D eigenvalue weighted by Crippen LogP contribution is -2.10. The van der Waals surface area contributed by atoms with Crippen molar-refractivity contribution in [2.24, 2.45) is 11.7 Å². The van der Waals surface area contributed by atoms with Crippen molar-refractivity contribution in [1.29, 1.82) is 0 Å². The van der Waals surface area contributed by atoms with Crippen LogP contribution in [-0.4, -0.2) is 12.5 Å². The number of thiophene rings is 1. The summed E-state index contributed by atoms with van der Waals surface area (Å²) in [6.07, 6.45) is 2.30. The summed E-state index contributed by atoms with van der Waals surface area (Å²) < 4.78 is 0. The van der Waals surface area contributed by atoms with E-state index in [4.69, 9.17) is 11.5 Å². The molecule has 0 saturated carbocycles. The molecule has 1 heterocycles. The Kier molecular flexibility index (Phi) is 4.61. The first-order chi connectivity index (χ1) is 7.50. The average molecular weight is 241 g/mol. The average Bonchev–Trinajstić information content (AvgIpc) is 2.54. The van der Waals surface area contributed by atoms with E-state index in [-0.39, 0.29) is 0 Å². The zero-order valence-electron chi connectivity index (χ0n) is 9.75. The highest BCUT2D eigenvalue weighted by Gasteiger charge is 2.10. The van der Waals surface area contributed by atoms with Crippen LogP contribution in [0.3, 0.4) is 0 Å². The van der Waals surface area contributed by atoms with Crippen molar-refractivity contribution in [2.75, 3.05) is 17.6 Å². The third-order valence-electron chi connectivity index (χ3n) is 2.24. The minimum absolute atomic E-state index is 0.436. The van der Waals surface area contributed by atoms with Crippen LogP contribution in [0.2, 0.25) is 0 Å². The summed E-state index contributed by atoms with van der Waals surface area (Å²) in [6, 6.07) is 1.76. The molecule has 0 aliphatic heterocycles. The van der Waals surface area contributed by atoms with Gasteiger partial charge in [0.05, 0.1) is 10.7 Å². The minimum Gasteiger partial charge on any atom is -0.397 e. The lowest BCUT2D eigenvalue weighted by molar-refractivity contribution is 0.100. The van der Waals surface area contributed by atoms with Crippen molar-refractivity contribution in [3.8, 4) is 0 Å². The molecule has 1 aromatic rings. The number of nitrogens with two attached hydrogens (primary N) is 2. The largest absolute Gasteiger partial charge is 0.397 e. The first-order valence-electron chi connectivity index (χ1n) is 5.43. The molecule has 90 valence electrons. The Labute approximate surface area is 100 Å². The zero-order chi connectivity index (χ0) is 12.1. The standard InChI is InChI=1S/C11H19N3OS/c1-7(2)4-3-5-14-9-6-8(12)10(16-9)11(13)15/h6-7,14H,3-5,12H2,1-2H3,(H2,13,15). The van der Waals surface area contributed by atoms with Crippen LogP contribution in [-0.2, 0) is 0 Å². The van der Waals surface area contributed by atoms with E-state index in [1.54, 1.807) is 6.07 Å². The van der Waals surface area contributed by atoms with Crippen molar-refractivity contribution < 1.29 is 4.79 Å². The fraction of sp³-hybridized carbons (Fsp3) is 0.545. The number of amides is 1. The van der Waals surface area contributed by atoms with Gasteiger partial charge in [0.2, 0.25) is 0 Å². The molecule has 16 heavy (non-hydrogen) atoms. The molecule has 1 aromatic heterocycles. The predicted octanol–water partition coefficient (Wildman–Crippen LogP) is 2.28. The van der Waals surface area contributed by atoms with Crippen molar-refractivity contribution in [2.45, 2.75) is 26.7 Å². The molecule has 5 heteroatoms. The topological polar surface area (TPSA) is 81.1 Å². The zero-order valence-corrected chi connectivity index (χ0v) is 10.6. The molecule has 0 atom stereocenters. The quantitative estimate of drug-likeness (QED) is 0.668. The molecule has 0 aliphatic carbocycles. The summed E-state index contributed by atoms with van der Waals surface area (Å²) in [6.45, 7) is 5.30. The summed E-state index contributed by atoms with van der Waals surface area (Å²) in [5.41, 5.74) is 11.3. The minimum atomic E-state index is -0.460.